The third-order valence-corrected chi connectivity index (χ3v) is 3.73. The molecule has 2 aromatic rings. The molecule has 2 amide bonds. The fourth-order valence-electron chi connectivity index (χ4n) is 2.10. The number of carbonyl (C=O) groups excluding carboxylic acids is 2. The van der Waals surface area contributed by atoms with Crippen LogP contribution in [-0.2, 0) is 4.79 Å². The van der Waals surface area contributed by atoms with Crippen LogP contribution < -0.4 is 10.6 Å². The molecule has 22 heavy (non-hydrogen) atoms. The quantitative estimate of drug-likeness (QED) is 0.898. The topological polar surface area (TPSA) is 58.2 Å². The van der Waals surface area contributed by atoms with E-state index >= 15 is 0 Å². The Bertz CT molecular complexity index is 709. The Hall–Kier alpha value is -2.33. The van der Waals surface area contributed by atoms with Gasteiger partial charge in [-0.25, -0.2) is 0 Å². The van der Waals surface area contributed by atoms with Gasteiger partial charge in [-0.15, -0.1) is 0 Å². The molecule has 0 bridgehead atoms. The summed E-state index contributed by atoms with van der Waals surface area (Å²) < 4.78 is 0. The molecule has 2 aromatic carbocycles. The highest BCUT2D eigenvalue weighted by Gasteiger charge is 2.30. The van der Waals surface area contributed by atoms with Crippen molar-refractivity contribution in [2.24, 2.45) is 5.92 Å². The summed E-state index contributed by atoms with van der Waals surface area (Å²) in [5, 5.41) is 6.23. The van der Waals surface area contributed by atoms with E-state index in [2.05, 4.69) is 10.6 Å². The molecule has 5 heteroatoms. The van der Waals surface area contributed by atoms with Gasteiger partial charge in [-0.2, -0.15) is 0 Å². The van der Waals surface area contributed by atoms with Gasteiger partial charge in [0.05, 0.1) is 11.3 Å². The number of anilines is 2. The zero-order valence-corrected chi connectivity index (χ0v) is 12.6. The first-order valence-corrected chi connectivity index (χ1v) is 7.48. The maximum absolute atomic E-state index is 12.4. The van der Waals surface area contributed by atoms with Crippen molar-refractivity contribution in [2.75, 3.05) is 10.6 Å². The molecule has 0 radical (unpaired) electrons. The van der Waals surface area contributed by atoms with Crippen LogP contribution in [0, 0.1) is 5.92 Å². The molecule has 0 saturated heterocycles. The molecule has 0 atom stereocenters. The van der Waals surface area contributed by atoms with E-state index in [1.54, 1.807) is 48.5 Å². The zero-order chi connectivity index (χ0) is 15.5. The molecular weight excluding hydrogens is 300 g/mol. The van der Waals surface area contributed by atoms with Gasteiger partial charge in [-0.1, -0.05) is 23.7 Å². The van der Waals surface area contributed by atoms with E-state index in [0.29, 0.717) is 22.0 Å². The van der Waals surface area contributed by atoms with Gasteiger partial charge < -0.3 is 10.6 Å². The molecule has 0 aromatic heterocycles. The number of nitrogens with one attached hydrogen (secondary N) is 2. The van der Waals surface area contributed by atoms with Crippen LogP contribution in [-0.4, -0.2) is 11.8 Å². The Morgan fingerprint density at radius 3 is 2.32 bits per heavy atom. The maximum atomic E-state index is 12.4. The highest BCUT2D eigenvalue weighted by atomic mass is 35.5. The highest BCUT2D eigenvalue weighted by molar-refractivity contribution is 6.30. The third-order valence-electron chi connectivity index (χ3n) is 3.48. The fourth-order valence-corrected chi connectivity index (χ4v) is 2.23. The van der Waals surface area contributed by atoms with Crippen LogP contribution in [0.3, 0.4) is 0 Å². The zero-order valence-electron chi connectivity index (χ0n) is 11.8. The van der Waals surface area contributed by atoms with Gasteiger partial charge in [0.15, 0.2) is 0 Å². The lowest BCUT2D eigenvalue weighted by Crippen LogP contribution is -2.19. The minimum Gasteiger partial charge on any atom is -0.325 e. The molecule has 1 fully saturated rings. The molecule has 3 rings (SSSR count). The van der Waals surface area contributed by atoms with Gasteiger partial charge in [-0.3, -0.25) is 9.59 Å². The molecule has 0 heterocycles. The summed E-state index contributed by atoms with van der Waals surface area (Å²) in [7, 11) is 0. The van der Waals surface area contributed by atoms with Crippen molar-refractivity contribution >= 4 is 34.8 Å². The average Bonchev–Trinajstić information content (AvgIpc) is 3.35. The lowest BCUT2D eigenvalue weighted by Gasteiger charge is -2.11. The van der Waals surface area contributed by atoms with Crippen molar-refractivity contribution in [3.8, 4) is 0 Å². The average molecular weight is 315 g/mol. The number of carbonyl (C=O) groups is 2. The van der Waals surface area contributed by atoms with Crippen molar-refractivity contribution in [1.29, 1.82) is 0 Å². The van der Waals surface area contributed by atoms with Crippen molar-refractivity contribution in [2.45, 2.75) is 12.8 Å². The number of hydrogen-bond acceptors (Lipinski definition) is 2. The number of halogens is 1. The summed E-state index contributed by atoms with van der Waals surface area (Å²) >= 11 is 5.82. The number of rotatable bonds is 4. The second kappa shape index (κ2) is 6.20. The third kappa shape index (κ3) is 3.46. The standard InChI is InChI=1S/C17H15ClN2O2/c18-12-7-9-13(10-8-12)19-17(22)14-3-1-2-4-15(14)20-16(21)11-5-6-11/h1-4,7-11H,5-6H2,(H,19,22)(H,20,21). The van der Waals surface area contributed by atoms with E-state index in [1.165, 1.54) is 0 Å². The molecule has 1 saturated carbocycles. The lowest BCUT2D eigenvalue weighted by molar-refractivity contribution is -0.117. The number of benzene rings is 2. The highest BCUT2D eigenvalue weighted by Crippen LogP contribution is 2.30. The molecule has 0 aliphatic heterocycles. The molecule has 112 valence electrons. The van der Waals surface area contributed by atoms with Crippen molar-refractivity contribution < 1.29 is 9.59 Å². The molecule has 4 nitrogen and oxygen atoms in total. The van der Waals surface area contributed by atoms with Gasteiger partial charge in [0.2, 0.25) is 5.91 Å². The van der Waals surface area contributed by atoms with Crippen LogP contribution in [0.5, 0.6) is 0 Å². The summed E-state index contributed by atoms with van der Waals surface area (Å²) in [5.41, 5.74) is 1.62. The van der Waals surface area contributed by atoms with E-state index < -0.39 is 0 Å². The van der Waals surface area contributed by atoms with Crippen LogP contribution in [0.2, 0.25) is 5.02 Å². The first-order chi connectivity index (χ1) is 10.6. The molecule has 0 unspecified atom stereocenters. The van der Waals surface area contributed by atoms with Crippen LogP contribution >= 0.6 is 11.6 Å². The van der Waals surface area contributed by atoms with Crippen LogP contribution in [0.1, 0.15) is 23.2 Å². The second-order valence-corrected chi connectivity index (χ2v) is 5.71. The van der Waals surface area contributed by atoms with Crippen molar-refractivity contribution in [3.05, 3.63) is 59.1 Å². The van der Waals surface area contributed by atoms with Gasteiger partial charge in [0.25, 0.3) is 5.91 Å². The molecule has 1 aliphatic carbocycles. The summed E-state index contributed by atoms with van der Waals surface area (Å²) in [6.07, 6.45) is 1.84. The Labute approximate surface area is 133 Å². The SMILES string of the molecule is O=C(Nc1ccc(Cl)cc1)c1ccccc1NC(=O)C1CC1. The van der Waals surface area contributed by atoms with E-state index in [4.69, 9.17) is 11.6 Å². The lowest BCUT2D eigenvalue weighted by atomic mass is 10.1. The monoisotopic (exact) mass is 314 g/mol. The number of para-hydroxylation sites is 1. The van der Waals surface area contributed by atoms with E-state index in [9.17, 15) is 9.59 Å². The van der Waals surface area contributed by atoms with E-state index in [-0.39, 0.29) is 17.7 Å². The first-order valence-electron chi connectivity index (χ1n) is 7.10. The first kappa shape index (κ1) is 14.6. The van der Waals surface area contributed by atoms with E-state index in [0.717, 1.165) is 12.8 Å². The van der Waals surface area contributed by atoms with Gasteiger partial charge >= 0.3 is 0 Å². The Morgan fingerprint density at radius 2 is 1.64 bits per heavy atom. The molecule has 1 aliphatic rings. The van der Waals surface area contributed by atoms with Gasteiger partial charge in [0.1, 0.15) is 0 Å². The van der Waals surface area contributed by atoms with Crippen LogP contribution in [0.4, 0.5) is 11.4 Å². The van der Waals surface area contributed by atoms with Gasteiger partial charge in [0, 0.05) is 16.6 Å². The van der Waals surface area contributed by atoms with E-state index in [1.807, 2.05) is 0 Å². The molecule has 2 N–H and O–H groups in total. The number of hydrogen-bond donors (Lipinski definition) is 2. The second-order valence-electron chi connectivity index (χ2n) is 5.27. The Balaban J connectivity index is 1.76. The normalized spacial score (nSPS) is 13.5. The summed E-state index contributed by atoms with van der Waals surface area (Å²) in [6, 6.07) is 13.9. The minimum absolute atomic E-state index is 0.0215. The van der Waals surface area contributed by atoms with Crippen molar-refractivity contribution in [1.82, 2.24) is 0 Å². The predicted molar refractivity (Wildman–Crippen MR) is 87.2 cm³/mol. The number of amides is 2. The molecular formula is C17H15ClN2O2. The molecule has 0 spiro atoms. The predicted octanol–water partition coefficient (Wildman–Crippen LogP) is 3.94. The minimum atomic E-state index is -0.269. The Morgan fingerprint density at radius 1 is 0.955 bits per heavy atom. The fraction of sp³-hybridized carbons (Fsp3) is 0.176. The maximum Gasteiger partial charge on any atom is 0.257 e. The van der Waals surface area contributed by atoms with Crippen LogP contribution in [0.15, 0.2) is 48.5 Å². The van der Waals surface area contributed by atoms with Gasteiger partial charge in [-0.05, 0) is 49.2 Å². The largest absolute Gasteiger partial charge is 0.325 e. The smallest absolute Gasteiger partial charge is 0.257 e. The van der Waals surface area contributed by atoms with Crippen LogP contribution in [0.25, 0.3) is 0 Å². The van der Waals surface area contributed by atoms with Crippen molar-refractivity contribution in [3.63, 3.8) is 0 Å². The summed E-state index contributed by atoms with van der Waals surface area (Å²) in [6.45, 7) is 0. The summed E-state index contributed by atoms with van der Waals surface area (Å²) in [5.74, 6) is -0.201. The summed E-state index contributed by atoms with van der Waals surface area (Å²) in [4.78, 5) is 24.3. The Kier molecular flexibility index (Phi) is 4.11.